The molecule has 0 saturated carbocycles. The van der Waals surface area contributed by atoms with Crippen molar-refractivity contribution in [1.29, 1.82) is 0 Å². The molecule has 3 aromatic carbocycles. The van der Waals surface area contributed by atoms with Crippen LogP contribution in [0.4, 0.5) is 5.88 Å². The first kappa shape index (κ1) is 18.0. The van der Waals surface area contributed by atoms with E-state index in [0.29, 0.717) is 10.9 Å². The zero-order chi connectivity index (χ0) is 20.8. The number of halogens is 1. The van der Waals surface area contributed by atoms with E-state index in [-0.39, 0.29) is 6.17 Å². The van der Waals surface area contributed by atoms with E-state index in [4.69, 9.17) is 16.0 Å². The van der Waals surface area contributed by atoms with Gasteiger partial charge in [0.1, 0.15) is 12.1 Å². The SMILES string of the molecule is Clc1ccc([C@@H]2Nc3oc(-c4ccccc4)c(-c4ccccc4)c3-c3ncnn32)cc1. The van der Waals surface area contributed by atoms with Gasteiger partial charge < -0.3 is 9.73 Å². The summed E-state index contributed by atoms with van der Waals surface area (Å²) in [6.45, 7) is 0. The van der Waals surface area contributed by atoms with Crippen LogP contribution in [0.15, 0.2) is 95.7 Å². The van der Waals surface area contributed by atoms with E-state index in [9.17, 15) is 0 Å². The number of hydrogen-bond donors (Lipinski definition) is 1. The molecule has 1 aliphatic rings. The van der Waals surface area contributed by atoms with Gasteiger partial charge >= 0.3 is 0 Å². The van der Waals surface area contributed by atoms with Gasteiger partial charge in [0.15, 0.2) is 12.0 Å². The van der Waals surface area contributed by atoms with Crippen molar-refractivity contribution in [1.82, 2.24) is 14.8 Å². The van der Waals surface area contributed by atoms with Gasteiger partial charge in [-0.25, -0.2) is 9.67 Å². The second-order valence-electron chi connectivity index (χ2n) is 7.37. The van der Waals surface area contributed by atoms with Crippen molar-refractivity contribution in [3.05, 3.63) is 102 Å². The fourth-order valence-corrected chi connectivity index (χ4v) is 4.22. The molecule has 150 valence electrons. The Morgan fingerprint density at radius 2 is 1.48 bits per heavy atom. The molecule has 0 unspecified atom stereocenters. The van der Waals surface area contributed by atoms with E-state index in [0.717, 1.165) is 39.4 Å². The zero-order valence-electron chi connectivity index (χ0n) is 16.4. The quantitative estimate of drug-likeness (QED) is 0.359. The summed E-state index contributed by atoms with van der Waals surface area (Å²) in [5, 5.41) is 8.74. The van der Waals surface area contributed by atoms with Crippen LogP contribution >= 0.6 is 11.6 Å². The van der Waals surface area contributed by atoms with Gasteiger partial charge in [-0.15, -0.1) is 0 Å². The molecule has 6 rings (SSSR count). The third kappa shape index (κ3) is 2.94. The summed E-state index contributed by atoms with van der Waals surface area (Å²) in [5.41, 5.74) is 4.99. The van der Waals surface area contributed by atoms with Crippen LogP contribution < -0.4 is 5.32 Å². The number of nitrogens with zero attached hydrogens (tertiary/aromatic N) is 3. The smallest absolute Gasteiger partial charge is 0.207 e. The average Bonchev–Trinajstić information content (AvgIpc) is 3.45. The second kappa shape index (κ2) is 7.15. The highest BCUT2D eigenvalue weighted by Gasteiger charge is 2.34. The van der Waals surface area contributed by atoms with Gasteiger partial charge in [-0.2, -0.15) is 5.10 Å². The monoisotopic (exact) mass is 424 g/mol. The Bertz CT molecular complexity index is 1360. The van der Waals surface area contributed by atoms with Crippen LogP contribution in [0.5, 0.6) is 0 Å². The summed E-state index contributed by atoms with van der Waals surface area (Å²) in [4.78, 5) is 4.61. The summed E-state index contributed by atoms with van der Waals surface area (Å²) >= 11 is 6.10. The van der Waals surface area contributed by atoms with Gasteiger partial charge in [-0.3, -0.25) is 0 Å². The summed E-state index contributed by atoms with van der Waals surface area (Å²) in [6.07, 6.45) is 1.33. The first-order chi connectivity index (χ1) is 15.3. The van der Waals surface area contributed by atoms with Gasteiger partial charge in [0.2, 0.25) is 5.88 Å². The fraction of sp³-hybridized carbons (Fsp3) is 0.0400. The molecule has 31 heavy (non-hydrogen) atoms. The van der Waals surface area contributed by atoms with Crippen LogP contribution in [0.3, 0.4) is 0 Å². The second-order valence-corrected chi connectivity index (χ2v) is 7.81. The van der Waals surface area contributed by atoms with Crippen molar-refractivity contribution in [3.8, 4) is 33.8 Å². The maximum atomic E-state index is 6.46. The van der Waals surface area contributed by atoms with Crippen molar-refractivity contribution in [2.75, 3.05) is 5.32 Å². The lowest BCUT2D eigenvalue weighted by atomic mass is 9.96. The predicted octanol–water partition coefficient (Wildman–Crippen LogP) is 6.50. The van der Waals surface area contributed by atoms with Crippen molar-refractivity contribution in [2.24, 2.45) is 0 Å². The van der Waals surface area contributed by atoms with E-state index in [1.54, 1.807) is 6.33 Å². The maximum absolute atomic E-state index is 6.46. The number of furan rings is 1. The van der Waals surface area contributed by atoms with E-state index in [2.05, 4.69) is 39.7 Å². The fourth-order valence-electron chi connectivity index (χ4n) is 4.09. The number of hydrogen-bond acceptors (Lipinski definition) is 4. The first-order valence-electron chi connectivity index (χ1n) is 9.99. The molecule has 6 heteroatoms. The number of nitrogens with one attached hydrogen (secondary N) is 1. The van der Waals surface area contributed by atoms with Gasteiger partial charge in [0.05, 0.1) is 5.56 Å². The standard InChI is InChI=1S/C25H17ClN4O/c26-19-13-11-18(12-14-19)23-29-25-21(24-27-15-28-30(23)24)20(16-7-3-1-4-8-16)22(31-25)17-9-5-2-6-10-17/h1-15,23,29H/t23-/m1/s1. The molecule has 0 saturated heterocycles. The minimum absolute atomic E-state index is 0.249. The Morgan fingerprint density at radius 3 is 2.19 bits per heavy atom. The van der Waals surface area contributed by atoms with Crippen molar-refractivity contribution in [2.45, 2.75) is 6.17 Å². The molecule has 2 aromatic heterocycles. The lowest BCUT2D eigenvalue weighted by molar-refractivity contribution is 0.525. The molecule has 1 N–H and O–H groups in total. The summed E-state index contributed by atoms with van der Waals surface area (Å²) in [7, 11) is 0. The van der Waals surface area contributed by atoms with Crippen LogP contribution in [0.1, 0.15) is 11.7 Å². The third-order valence-electron chi connectivity index (χ3n) is 5.50. The Kier molecular flexibility index (Phi) is 4.14. The van der Waals surface area contributed by atoms with E-state index in [1.165, 1.54) is 0 Å². The van der Waals surface area contributed by atoms with Crippen molar-refractivity contribution in [3.63, 3.8) is 0 Å². The summed E-state index contributed by atoms with van der Waals surface area (Å²) in [6, 6.07) is 28.1. The number of aromatic nitrogens is 3. The number of anilines is 1. The lowest BCUT2D eigenvalue weighted by Gasteiger charge is -2.25. The molecule has 0 fully saturated rings. The number of fused-ring (bicyclic) bond motifs is 3. The molecule has 0 spiro atoms. The Balaban J connectivity index is 1.59. The number of benzene rings is 3. The zero-order valence-corrected chi connectivity index (χ0v) is 17.1. The van der Waals surface area contributed by atoms with Crippen LogP contribution in [0.2, 0.25) is 5.02 Å². The molecular weight excluding hydrogens is 408 g/mol. The molecule has 0 amide bonds. The van der Waals surface area contributed by atoms with Gasteiger partial charge in [-0.1, -0.05) is 84.4 Å². The van der Waals surface area contributed by atoms with E-state index >= 15 is 0 Å². The van der Waals surface area contributed by atoms with Crippen LogP contribution in [0.25, 0.3) is 33.8 Å². The summed E-state index contributed by atoms with van der Waals surface area (Å²) in [5.74, 6) is 2.24. The molecule has 3 heterocycles. The highest BCUT2D eigenvalue weighted by molar-refractivity contribution is 6.30. The van der Waals surface area contributed by atoms with Crippen LogP contribution in [-0.2, 0) is 0 Å². The van der Waals surface area contributed by atoms with Crippen molar-refractivity contribution < 1.29 is 4.42 Å². The Morgan fingerprint density at radius 1 is 0.806 bits per heavy atom. The first-order valence-corrected chi connectivity index (χ1v) is 10.4. The molecule has 0 bridgehead atoms. The van der Waals surface area contributed by atoms with E-state index < -0.39 is 0 Å². The minimum Gasteiger partial charge on any atom is -0.439 e. The van der Waals surface area contributed by atoms with Crippen LogP contribution in [-0.4, -0.2) is 14.8 Å². The Labute approximate surface area is 183 Å². The van der Waals surface area contributed by atoms with Gasteiger partial charge in [0.25, 0.3) is 0 Å². The van der Waals surface area contributed by atoms with Crippen molar-refractivity contribution >= 4 is 17.5 Å². The minimum atomic E-state index is -0.249. The average molecular weight is 425 g/mol. The van der Waals surface area contributed by atoms with Crippen LogP contribution in [0, 0.1) is 0 Å². The number of rotatable bonds is 3. The normalized spacial score (nSPS) is 14.5. The molecule has 1 atom stereocenters. The largest absolute Gasteiger partial charge is 0.439 e. The summed E-state index contributed by atoms with van der Waals surface area (Å²) < 4.78 is 8.35. The molecule has 5 nitrogen and oxygen atoms in total. The van der Waals surface area contributed by atoms with E-state index in [1.807, 2.05) is 65.3 Å². The third-order valence-corrected chi connectivity index (χ3v) is 5.75. The highest BCUT2D eigenvalue weighted by atomic mass is 35.5. The maximum Gasteiger partial charge on any atom is 0.207 e. The predicted molar refractivity (Wildman–Crippen MR) is 122 cm³/mol. The highest BCUT2D eigenvalue weighted by Crippen LogP contribution is 2.49. The molecule has 0 radical (unpaired) electrons. The lowest BCUT2D eigenvalue weighted by Crippen LogP contribution is -2.25. The molecular formula is C25H17ClN4O. The molecule has 5 aromatic rings. The topological polar surface area (TPSA) is 55.9 Å². The molecule has 1 aliphatic heterocycles. The Hall–Kier alpha value is -3.83. The van der Waals surface area contributed by atoms with Gasteiger partial charge in [-0.05, 0) is 23.3 Å². The van der Waals surface area contributed by atoms with Gasteiger partial charge in [0, 0.05) is 16.1 Å². The molecule has 0 aliphatic carbocycles.